The minimum Gasteiger partial charge on any atom is -0.317 e. The first-order valence-electron chi connectivity index (χ1n) is 20.9. The molecule has 0 atom stereocenters. The van der Waals surface area contributed by atoms with Crippen molar-refractivity contribution in [3.63, 3.8) is 0 Å². The molecular formula is C57H33N5. The van der Waals surface area contributed by atoms with Crippen LogP contribution < -0.4 is 0 Å². The Morgan fingerprint density at radius 2 is 0.694 bits per heavy atom. The second-order valence-electron chi connectivity index (χ2n) is 16.1. The van der Waals surface area contributed by atoms with E-state index >= 15 is 0 Å². The SMILES string of the molecule is [C-]#[N+]c1c(C2c3ccccc3-c3ccccc32)c(C#N)c(-n2c3ccccc3c3ccccc32)c(-n2c3ccccc3c3ccccc32)c1-n1c2ccccc2c2ccccc21. The smallest absolute Gasteiger partial charge is 0.218 e. The number of fused-ring (bicyclic) bond motifs is 12. The molecule has 1 aliphatic carbocycles. The van der Waals surface area contributed by atoms with Gasteiger partial charge in [-0.15, -0.1) is 0 Å². The summed E-state index contributed by atoms with van der Waals surface area (Å²) in [6.07, 6.45) is 0. The van der Waals surface area contributed by atoms with Crippen LogP contribution in [0.3, 0.4) is 0 Å². The van der Waals surface area contributed by atoms with Crippen LogP contribution in [0.2, 0.25) is 0 Å². The molecule has 12 aromatic rings. The van der Waals surface area contributed by atoms with Gasteiger partial charge in [-0.25, -0.2) is 4.85 Å². The van der Waals surface area contributed by atoms with E-state index < -0.39 is 5.92 Å². The van der Waals surface area contributed by atoms with Gasteiger partial charge in [0.2, 0.25) is 5.69 Å². The Balaban J connectivity index is 1.37. The molecule has 9 aromatic carbocycles. The summed E-state index contributed by atoms with van der Waals surface area (Å²) in [6.45, 7) is 9.49. The van der Waals surface area contributed by atoms with E-state index in [1.165, 1.54) is 0 Å². The van der Waals surface area contributed by atoms with Gasteiger partial charge in [-0.1, -0.05) is 158 Å². The van der Waals surface area contributed by atoms with Gasteiger partial charge in [0.1, 0.15) is 6.07 Å². The van der Waals surface area contributed by atoms with E-state index in [4.69, 9.17) is 0 Å². The Morgan fingerprint density at radius 1 is 0.387 bits per heavy atom. The number of aromatic nitrogens is 3. The topological polar surface area (TPSA) is 42.9 Å². The van der Waals surface area contributed by atoms with Crippen LogP contribution in [-0.4, -0.2) is 13.7 Å². The summed E-state index contributed by atoms with van der Waals surface area (Å²) in [5, 5.41) is 18.7. The van der Waals surface area contributed by atoms with Gasteiger partial charge in [0.25, 0.3) is 0 Å². The normalized spacial score (nSPS) is 12.4. The van der Waals surface area contributed by atoms with Crippen molar-refractivity contribution in [2.45, 2.75) is 5.92 Å². The van der Waals surface area contributed by atoms with Crippen molar-refractivity contribution in [3.05, 3.63) is 228 Å². The number of hydrogen-bond donors (Lipinski definition) is 0. The Labute approximate surface area is 356 Å². The lowest BCUT2D eigenvalue weighted by Crippen LogP contribution is -2.15. The molecule has 0 fully saturated rings. The zero-order chi connectivity index (χ0) is 41.1. The molecule has 0 aliphatic heterocycles. The van der Waals surface area contributed by atoms with Crippen LogP contribution in [0.1, 0.15) is 28.2 Å². The highest BCUT2D eigenvalue weighted by atomic mass is 15.1. The van der Waals surface area contributed by atoms with Gasteiger partial charge < -0.3 is 13.7 Å². The molecule has 5 heteroatoms. The van der Waals surface area contributed by atoms with Crippen LogP contribution in [0.25, 0.3) is 98.5 Å². The number of nitriles is 1. The Hall–Kier alpha value is -8.64. The van der Waals surface area contributed by atoms with Crippen LogP contribution in [0, 0.1) is 17.9 Å². The van der Waals surface area contributed by atoms with Gasteiger partial charge in [0, 0.05) is 38.2 Å². The first-order valence-corrected chi connectivity index (χ1v) is 20.9. The van der Waals surface area contributed by atoms with Gasteiger partial charge in [0.15, 0.2) is 0 Å². The van der Waals surface area contributed by atoms with Crippen molar-refractivity contribution < 1.29 is 0 Å². The quantitative estimate of drug-likeness (QED) is 0.164. The second-order valence-corrected chi connectivity index (χ2v) is 16.1. The lowest BCUT2D eigenvalue weighted by atomic mass is 9.83. The summed E-state index contributed by atoms with van der Waals surface area (Å²) in [6, 6.07) is 70.9. The first kappa shape index (κ1) is 34.2. The van der Waals surface area contributed by atoms with Gasteiger partial charge in [-0.2, -0.15) is 5.26 Å². The minimum atomic E-state index is -0.396. The average Bonchev–Trinajstić information content (AvgIpc) is 4.06. The number of benzene rings is 9. The van der Waals surface area contributed by atoms with Crippen molar-refractivity contribution in [1.29, 1.82) is 5.26 Å². The van der Waals surface area contributed by atoms with Crippen LogP contribution in [0.4, 0.5) is 5.69 Å². The predicted octanol–water partition coefficient (Wildman–Crippen LogP) is 14.6. The van der Waals surface area contributed by atoms with Crippen LogP contribution in [0.15, 0.2) is 194 Å². The lowest BCUT2D eigenvalue weighted by molar-refractivity contribution is 0.979. The number of rotatable bonds is 4. The highest BCUT2D eigenvalue weighted by Crippen LogP contribution is 2.56. The molecular weight excluding hydrogens is 755 g/mol. The van der Waals surface area contributed by atoms with Gasteiger partial charge >= 0.3 is 0 Å². The average molecular weight is 788 g/mol. The lowest BCUT2D eigenvalue weighted by Gasteiger charge is -2.29. The van der Waals surface area contributed by atoms with E-state index in [2.05, 4.69) is 219 Å². The van der Waals surface area contributed by atoms with Crippen LogP contribution >= 0.6 is 0 Å². The molecule has 3 heterocycles. The molecule has 0 bridgehead atoms. The third-order valence-electron chi connectivity index (χ3n) is 13.2. The van der Waals surface area contributed by atoms with E-state index in [9.17, 15) is 11.8 Å². The van der Waals surface area contributed by atoms with E-state index in [-0.39, 0.29) is 0 Å². The third kappa shape index (κ3) is 4.44. The Bertz CT molecular complexity index is 3610. The van der Waals surface area contributed by atoms with E-state index in [1.54, 1.807) is 0 Å². The fourth-order valence-corrected chi connectivity index (χ4v) is 10.8. The van der Waals surface area contributed by atoms with E-state index in [0.29, 0.717) is 16.8 Å². The third-order valence-corrected chi connectivity index (χ3v) is 13.2. The molecule has 1 aliphatic rings. The van der Waals surface area contributed by atoms with Crippen LogP contribution in [0.5, 0.6) is 0 Å². The molecule has 0 N–H and O–H groups in total. The molecule has 0 unspecified atom stereocenters. The maximum Gasteiger partial charge on any atom is 0.218 e. The van der Waals surface area contributed by atoms with Crippen molar-refractivity contribution in [1.82, 2.24) is 13.7 Å². The first-order chi connectivity index (χ1) is 30.8. The maximum absolute atomic E-state index is 12.1. The second kappa shape index (κ2) is 12.9. The molecule has 13 rings (SSSR count). The van der Waals surface area contributed by atoms with Gasteiger partial charge in [-0.05, 0) is 64.2 Å². The number of para-hydroxylation sites is 6. The van der Waals surface area contributed by atoms with Crippen molar-refractivity contribution >= 4 is 71.1 Å². The van der Waals surface area contributed by atoms with Crippen molar-refractivity contribution in [3.8, 4) is 34.3 Å². The van der Waals surface area contributed by atoms with Gasteiger partial charge in [0.05, 0.1) is 62.3 Å². The van der Waals surface area contributed by atoms with E-state index in [1.807, 2.05) is 0 Å². The summed E-state index contributed by atoms with van der Waals surface area (Å²) >= 11 is 0. The molecule has 0 radical (unpaired) electrons. The fraction of sp³-hybridized carbons (Fsp3) is 0.0175. The summed E-state index contributed by atoms with van der Waals surface area (Å²) in [7, 11) is 0. The van der Waals surface area contributed by atoms with E-state index in [0.717, 1.165) is 105 Å². The maximum atomic E-state index is 12.1. The highest BCUT2D eigenvalue weighted by Gasteiger charge is 2.39. The van der Waals surface area contributed by atoms with Crippen molar-refractivity contribution in [2.75, 3.05) is 0 Å². The number of hydrogen-bond acceptors (Lipinski definition) is 1. The zero-order valence-electron chi connectivity index (χ0n) is 33.3. The van der Waals surface area contributed by atoms with Gasteiger partial charge in [-0.3, -0.25) is 0 Å². The minimum absolute atomic E-state index is 0.396. The largest absolute Gasteiger partial charge is 0.317 e. The summed E-state index contributed by atoms with van der Waals surface area (Å²) in [5.74, 6) is -0.396. The molecule has 0 spiro atoms. The molecule has 3 aromatic heterocycles. The van der Waals surface area contributed by atoms with Crippen molar-refractivity contribution in [2.24, 2.45) is 0 Å². The monoisotopic (exact) mass is 787 g/mol. The highest BCUT2D eigenvalue weighted by molar-refractivity contribution is 6.15. The number of nitrogens with zero attached hydrogens (tertiary/aromatic N) is 5. The summed E-state index contributed by atoms with van der Waals surface area (Å²) in [4.78, 5) is 4.67. The fourth-order valence-electron chi connectivity index (χ4n) is 10.8. The summed E-state index contributed by atoms with van der Waals surface area (Å²) in [5.41, 5.74) is 14.2. The molecule has 5 nitrogen and oxygen atoms in total. The predicted molar refractivity (Wildman–Crippen MR) is 253 cm³/mol. The molecule has 62 heavy (non-hydrogen) atoms. The molecule has 0 saturated heterocycles. The molecule has 0 saturated carbocycles. The van der Waals surface area contributed by atoms with Crippen LogP contribution in [-0.2, 0) is 0 Å². The molecule has 286 valence electrons. The molecule has 0 amide bonds. The Morgan fingerprint density at radius 3 is 1.05 bits per heavy atom. The standard InChI is InChI=1S/C57H33N5/c1-59-54-53(52-43-26-4-2-18-35(43)36-19-3-5-27-44(36)52)45(34-58)55(60-46-28-12-6-20-37(46)38-21-7-13-29-47(38)60)57(62-50-32-16-10-24-41(50)42-25-11-17-33-51(42)62)56(54)61-48-30-14-8-22-39(48)40-23-9-15-31-49(40)61/h2-33,52H. The Kier molecular flexibility index (Phi) is 7.14. The zero-order valence-corrected chi connectivity index (χ0v) is 33.3. The summed E-state index contributed by atoms with van der Waals surface area (Å²) < 4.78 is 6.95.